The molecule has 0 radical (unpaired) electrons. The monoisotopic (exact) mass is 182 g/mol. The summed E-state index contributed by atoms with van der Waals surface area (Å²) in [5.41, 5.74) is 0. The average molecular weight is 182 g/mol. The van der Waals surface area contributed by atoms with Crippen molar-refractivity contribution in [2.45, 2.75) is 25.3 Å². The van der Waals surface area contributed by atoms with Gasteiger partial charge in [-0.15, -0.1) is 0 Å². The average Bonchev–Trinajstić information content (AvgIpc) is 2.18. The zero-order valence-corrected chi connectivity index (χ0v) is 7.49. The second-order valence-corrected chi connectivity index (χ2v) is 3.13. The van der Waals surface area contributed by atoms with Crippen LogP contribution >= 0.6 is 0 Å². The van der Waals surface area contributed by atoms with E-state index in [-0.39, 0.29) is 18.5 Å². The smallest absolute Gasteiger partial charge is 0.254 e. The van der Waals surface area contributed by atoms with Gasteiger partial charge in [-0.3, -0.25) is 9.80 Å². The molecule has 3 N–H and O–H groups in total. The van der Waals surface area contributed by atoms with Crippen molar-refractivity contribution < 1.29 is 4.79 Å². The van der Waals surface area contributed by atoms with E-state index in [1.807, 2.05) is 6.07 Å². The van der Waals surface area contributed by atoms with Crippen molar-refractivity contribution in [2.75, 3.05) is 13.1 Å². The van der Waals surface area contributed by atoms with Gasteiger partial charge in [0.25, 0.3) is 5.91 Å². The Hall–Kier alpha value is -1.12. The number of nitrogens with one attached hydrogen (secondary N) is 1. The lowest BCUT2D eigenvalue weighted by molar-refractivity contribution is -0.133. The molecule has 0 spiro atoms. The molecule has 1 atom stereocenters. The fourth-order valence-corrected chi connectivity index (χ4v) is 1.42. The molecule has 1 rings (SSSR count). The molecule has 13 heavy (non-hydrogen) atoms. The molecular formula is C8H14N4O. The van der Waals surface area contributed by atoms with Gasteiger partial charge in [0.2, 0.25) is 0 Å². The number of piperidine rings is 1. The SMILES string of the molecule is N#CCN(N)C(=O)[C@@H]1CCCCN1. The molecule has 1 amide bonds. The zero-order chi connectivity index (χ0) is 9.68. The highest BCUT2D eigenvalue weighted by Gasteiger charge is 2.23. The number of hydrogen-bond donors (Lipinski definition) is 2. The Labute approximate surface area is 77.5 Å². The van der Waals surface area contributed by atoms with Gasteiger partial charge in [-0.05, 0) is 19.4 Å². The maximum absolute atomic E-state index is 11.5. The van der Waals surface area contributed by atoms with E-state index < -0.39 is 0 Å². The molecule has 0 aromatic rings. The molecule has 1 aliphatic rings. The Morgan fingerprint density at radius 3 is 3.00 bits per heavy atom. The van der Waals surface area contributed by atoms with Crippen molar-refractivity contribution in [3.05, 3.63) is 0 Å². The predicted octanol–water partition coefficient (Wildman–Crippen LogP) is -0.646. The number of carbonyl (C=O) groups is 1. The van der Waals surface area contributed by atoms with E-state index >= 15 is 0 Å². The Morgan fingerprint density at radius 2 is 2.46 bits per heavy atom. The number of nitriles is 1. The van der Waals surface area contributed by atoms with Gasteiger partial charge in [0.15, 0.2) is 0 Å². The van der Waals surface area contributed by atoms with Crippen LogP contribution in [0.2, 0.25) is 0 Å². The molecular weight excluding hydrogens is 168 g/mol. The van der Waals surface area contributed by atoms with Gasteiger partial charge in [0, 0.05) is 0 Å². The number of hydrazine groups is 1. The fraction of sp³-hybridized carbons (Fsp3) is 0.750. The van der Waals surface area contributed by atoms with Gasteiger partial charge in [-0.25, -0.2) is 5.84 Å². The van der Waals surface area contributed by atoms with Crippen LogP contribution in [0, 0.1) is 11.3 Å². The lowest BCUT2D eigenvalue weighted by Crippen LogP contribution is -2.51. The maximum atomic E-state index is 11.5. The molecule has 0 aliphatic carbocycles. The topological polar surface area (TPSA) is 82.2 Å². The molecule has 0 bridgehead atoms. The summed E-state index contributed by atoms with van der Waals surface area (Å²) in [4.78, 5) is 11.5. The van der Waals surface area contributed by atoms with E-state index in [0.717, 1.165) is 30.8 Å². The van der Waals surface area contributed by atoms with Crippen LogP contribution in [-0.2, 0) is 4.79 Å². The van der Waals surface area contributed by atoms with Crippen LogP contribution < -0.4 is 11.2 Å². The molecule has 1 saturated heterocycles. The van der Waals surface area contributed by atoms with Gasteiger partial charge < -0.3 is 5.32 Å². The number of carbonyl (C=O) groups excluding carboxylic acids is 1. The van der Waals surface area contributed by atoms with E-state index in [9.17, 15) is 4.79 Å². The normalized spacial score (nSPS) is 22.0. The van der Waals surface area contributed by atoms with Crippen molar-refractivity contribution in [2.24, 2.45) is 5.84 Å². The number of nitrogens with two attached hydrogens (primary N) is 1. The summed E-state index contributed by atoms with van der Waals surface area (Å²) < 4.78 is 0. The number of rotatable bonds is 2. The molecule has 5 heteroatoms. The number of amides is 1. The summed E-state index contributed by atoms with van der Waals surface area (Å²) in [6.07, 6.45) is 2.97. The highest BCUT2D eigenvalue weighted by molar-refractivity contribution is 5.81. The van der Waals surface area contributed by atoms with E-state index in [1.165, 1.54) is 0 Å². The summed E-state index contributed by atoms with van der Waals surface area (Å²) in [6, 6.07) is 1.65. The second-order valence-electron chi connectivity index (χ2n) is 3.13. The van der Waals surface area contributed by atoms with Crippen LogP contribution in [0.4, 0.5) is 0 Å². The van der Waals surface area contributed by atoms with Crippen molar-refractivity contribution >= 4 is 5.91 Å². The highest BCUT2D eigenvalue weighted by atomic mass is 16.2. The lowest BCUT2D eigenvalue weighted by atomic mass is 10.0. The summed E-state index contributed by atoms with van der Waals surface area (Å²) in [6.45, 7) is 0.813. The van der Waals surface area contributed by atoms with Crippen LogP contribution in [0.15, 0.2) is 0 Å². The molecule has 0 aromatic heterocycles. The molecule has 72 valence electrons. The van der Waals surface area contributed by atoms with Crippen LogP contribution in [0.3, 0.4) is 0 Å². The van der Waals surface area contributed by atoms with Gasteiger partial charge in [0.1, 0.15) is 6.54 Å². The van der Waals surface area contributed by atoms with E-state index in [4.69, 9.17) is 11.1 Å². The van der Waals surface area contributed by atoms with Crippen molar-refractivity contribution in [1.29, 1.82) is 5.26 Å². The first-order valence-corrected chi connectivity index (χ1v) is 4.42. The van der Waals surface area contributed by atoms with Crippen molar-refractivity contribution in [3.63, 3.8) is 0 Å². The first-order chi connectivity index (χ1) is 6.25. The van der Waals surface area contributed by atoms with E-state index in [2.05, 4.69) is 5.32 Å². The van der Waals surface area contributed by atoms with Crippen LogP contribution in [0.5, 0.6) is 0 Å². The third kappa shape index (κ3) is 2.68. The lowest BCUT2D eigenvalue weighted by Gasteiger charge is -2.25. The van der Waals surface area contributed by atoms with Crippen molar-refractivity contribution in [1.82, 2.24) is 10.3 Å². The van der Waals surface area contributed by atoms with E-state index in [1.54, 1.807) is 0 Å². The Morgan fingerprint density at radius 1 is 1.69 bits per heavy atom. The fourth-order valence-electron chi connectivity index (χ4n) is 1.42. The minimum Gasteiger partial charge on any atom is -0.306 e. The summed E-state index contributed by atoms with van der Waals surface area (Å²) >= 11 is 0. The second kappa shape index (κ2) is 4.80. The van der Waals surface area contributed by atoms with Gasteiger partial charge in [-0.2, -0.15) is 5.26 Å². The maximum Gasteiger partial charge on any atom is 0.254 e. The van der Waals surface area contributed by atoms with E-state index in [0.29, 0.717) is 0 Å². The first kappa shape index (κ1) is 9.96. The van der Waals surface area contributed by atoms with Gasteiger partial charge in [-0.1, -0.05) is 6.42 Å². The summed E-state index contributed by atoms with van der Waals surface area (Å²) in [5.74, 6) is 5.20. The zero-order valence-electron chi connectivity index (χ0n) is 7.49. The number of nitrogens with zero attached hydrogens (tertiary/aromatic N) is 2. The molecule has 0 unspecified atom stereocenters. The largest absolute Gasteiger partial charge is 0.306 e. The first-order valence-electron chi connectivity index (χ1n) is 4.42. The molecule has 5 nitrogen and oxygen atoms in total. The summed E-state index contributed by atoms with van der Waals surface area (Å²) in [7, 11) is 0. The standard InChI is InChI=1S/C8H14N4O/c9-4-6-12(10)8(13)7-3-1-2-5-11-7/h7,11H,1-3,5-6,10H2/t7-/m0/s1. The number of hydrogen-bond acceptors (Lipinski definition) is 4. The Balaban J connectivity index is 2.41. The predicted molar refractivity (Wildman–Crippen MR) is 47.2 cm³/mol. The van der Waals surface area contributed by atoms with Gasteiger partial charge >= 0.3 is 0 Å². The third-order valence-electron chi connectivity index (χ3n) is 2.13. The third-order valence-corrected chi connectivity index (χ3v) is 2.13. The van der Waals surface area contributed by atoms with Crippen LogP contribution in [-0.4, -0.2) is 30.0 Å². The highest BCUT2D eigenvalue weighted by Crippen LogP contribution is 2.08. The quantitative estimate of drug-likeness (QED) is 0.257. The van der Waals surface area contributed by atoms with Crippen LogP contribution in [0.25, 0.3) is 0 Å². The Bertz CT molecular complexity index is 217. The van der Waals surface area contributed by atoms with Crippen LogP contribution in [0.1, 0.15) is 19.3 Å². The molecule has 1 fully saturated rings. The van der Waals surface area contributed by atoms with Crippen molar-refractivity contribution in [3.8, 4) is 6.07 Å². The minimum atomic E-state index is -0.188. The minimum absolute atomic E-state index is 0.0446. The molecule has 1 aliphatic heterocycles. The summed E-state index contributed by atoms with van der Waals surface area (Å²) in [5, 5.41) is 12.4. The molecule has 0 aromatic carbocycles. The van der Waals surface area contributed by atoms with Gasteiger partial charge in [0.05, 0.1) is 12.1 Å². The molecule has 0 saturated carbocycles. The Kier molecular flexibility index (Phi) is 3.68. The molecule has 1 heterocycles.